The SMILES string of the molecule is O=S(=O)(c1ccccc1NN1CCOCC1)C(F)(F)F. The fraction of sp³-hybridized carbons (Fsp3) is 0.455. The predicted molar refractivity (Wildman–Crippen MR) is 65.7 cm³/mol. The first-order valence-electron chi connectivity index (χ1n) is 5.82. The van der Waals surface area contributed by atoms with E-state index in [2.05, 4.69) is 5.43 Å². The van der Waals surface area contributed by atoms with Crippen LogP contribution in [0, 0.1) is 0 Å². The summed E-state index contributed by atoms with van der Waals surface area (Å²) in [6.45, 7) is 1.78. The average Bonchev–Trinajstić information content (AvgIpc) is 2.39. The van der Waals surface area contributed by atoms with Crippen molar-refractivity contribution < 1.29 is 26.3 Å². The molecule has 1 aromatic carbocycles. The highest BCUT2D eigenvalue weighted by atomic mass is 32.2. The van der Waals surface area contributed by atoms with Gasteiger partial charge in [-0.25, -0.2) is 13.4 Å². The number of morpholine rings is 1. The van der Waals surface area contributed by atoms with Crippen molar-refractivity contribution >= 4 is 15.5 Å². The van der Waals surface area contributed by atoms with Gasteiger partial charge in [-0.15, -0.1) is 0 Å². The van der Waals surface area contributed by atoms with Gasteiger partial charge in [0.15, 0.2) is 0 Å². The number of halogens is 3. The molecule has 0 bridgehead atoms. The lowest BCUT2D eigenvalue weighted by atomic mass is 10.3. The first kappa shape index (κ1) is 15.1. The summed E-state index contributed by atoms with van der Waals surface area (Å²) in [4.78, 5) is -0.779. The van der Waals surface area contributed by atoms with Crippen molar-refractivity contribution in [3.63, 3.8) is 0 Å². The molecule has 112 valence electrons. The van der Waals surface area contributed by atoms with E-state index in [0.717, 1.165) is 6.07 Å². The van der Waals surface area contributed by atoms with Gasteiger partial charge in [0.05, 0.1) is 18.9 Å². The number of hydrazine groups is 1. The van der Waals surface area contributed by atoms with Gasteiger partial charge in [0.1, 0.15) is 4.90 Å². The standard InChI is InChI=1S/C11H13F3N2O3S/c12-11(13,14)20(17,18)10-4-2-1-3-9(10)15-16-5-7-19-8-6-16/h1-4,15H,5-8H2. The molecule has 5 nitrogen and oxygen atoms in total. The molecule has 0 aromatic heterocycles. The Labute approximate surface area is 114 Å². The van der Waals surface area contributed by atoms with Gasteiger partial charge in [-0.3, -0.25) is 0 Å². The zero-order valence-electron chi connectivity index (χ0n) is 10.4. The van der Waals surface area contributed by atoms with Crippen molar-refractivity contribution in [2.75, 3.05) is 31.7 Å². The third-order valence-electron chi connectivity index (χ3n) is 2.77. The Hall–Kier alpha value is -1.32. The molecule has 1 saturated heterocycles. The molecule has 1 aromatic rings. The minimum absolute atomic E-state index is 0.0910. The Kier molecular flexibility index (Phi) is 4.21. The largest absolute Gasteiger partial charge is 0.501 e. The summed E-state index contributed by atoms with van der Waals surface area (Å²) >= 11 is 0. The molecule has 0 spiro atoms. The highest BCUT2D eigenvalue weighted by Crippen LogP contribution is 2.34. The molecule has 0 atom stereocenters. The summed E-state index contributed by atoms with van der Waals surface area (Å²) in [7, 11) is -5.38. The second-order valence-corrected chi connectivity index (χ2v) is 6.07. The molecular weight excluding hydrogens is 297 g/mol. The van der Waals surface area contributed by atoms with Crippen molar-refractivity contribution in [2.24, 2.45) is 0 Å². The van der Waals surface area contributed by atoms with Crippen molar-refractivity contribution in [3.8, 4) is 0 Å². The van der Waals surface area contributed by atoms with E-state index in [4.69, 9.17) is 4.74 Å². The van der Waals surface area contributed by atoms with Gasteiger partial charge in [0.2, 0.25) is 0 Å². The molecule has 1 N–H and O–H groups in total. The van der Waals surface area contributed by atoms with Gasteiger partial charge >= 0.3 is 5.51 Å². The Morgan fingerprint density at radius 2 is 1.75 bits per heavy atom. The number of ether oxygens (including phenoxy) is 1. The van der Waals surface area contributed by atoms with Crippen LogP contribution in [0.1, 0.15) is 0 Å². The molecule has 0 aliphatic carbocycles. The monoisotopic (exact) mass is 310 g/mol. The molecule has 2 rings (SSSR count). The van der Waals surface area contributed by atoms with E-state index in [1.54, 1.807) is 5.01 Å². The number of benzene rings is 1. The molecular formula is C11H13F3N2O3S. The van der Waals surface area contributed by atoms with Gasteiger partial charge in [-0.2, -0.15) is 13.2 Å². The van der Waals surface area contributed by atoms with Gasteiger partial charge < -0.3 is 10.2 Å². The Balaban J connectivity index is 2.31. The Morgan fingerprint density at radius 3 is 2.35 bits per heavy atom. The normalized spacial score (nSPS) is 17.9. The van der Waals surface area contributed by atoms with Crippen LogP contribution in [-0.2, 0) is 14.6 Å². The van der Waals surface area contributed by atoms with E-state index < -0.39 is 20.2 Å². The summed E-state index contributed by atoms with van der Waals surface area (Å²) in [6, 6.07) is 4.96. The lowest BCUT2D eigenvalue weighted by molar-refractivity contribution is -0.0435. The molecule has 1 heterocycles. The molecule has 0 radical (unpaired) electrons. The number of sulfone groups is 1. The predicted octanol–water partition coefficient (Wildman–Crippen LogP) is 1.64. The van der Waals surface area contributed by atoms with Crippen LogP contribution in [0.2, 0.25) is 0 Å². The van der Waals surface area contributed by atoms with Crippen LogP contribution in [0.25, 0.3) is 0 Å². The molecule has 1 aliphatic heterocycles. The minimum Gasteiger partial charge on any atom is -0.379 e. The third kappa shape index (κ3) is 3.05. The first-order valence-corrected chi connectivity index (χ1v) is 7.30. The van der Waals surface area contributed by atoms with E-state index in [0.29, 0.717) is 26.3 Å². The van der Waals surface area contributed by atoms with E-state index in [1.807, 2.05) is 0 Å². The van der Waals surface area contributed by atoms with Crippen LogP contribution < -0.4 is 5.43 Å². The topological polar surface area (TPSA) is 58.6 Å². The van der Waals surface area contributed by atoms with Gasteiger partial charge in [0, 0.05) is 13.1 Å². The van der Waals surface area contributed by atoms with E-state index >= 15 is 0 Å². The molecule has 1 fully saturated rings. The fourth-order valence-electron chi connectivity index (χ4n) is 1.76. The number of rotatable bonds is 3. The van der Waals surface area contributed by atoms with Gasteiger partial charge in [-0.1, -0.05) is 12.1 Å². The van der Waals surface area contributed by atoms with Crippen LogP contribution in [0.4, 0.5) is 18.9 Å². The zero-order valence-corrected chi connectivity index (χ0v) is 11.2. The lowest BCUT2D eigenvalue weighted by Gasteiger charge is -2.28. The Bertz CT molecular complexity index is 569. The number of anilines is 1. The lowest BCUT2D eigenvalue weighted by Crippen LogP contribution is -2.40. The Morgan fingerprint density at radius 1 is 1.15 bits per heavy atom. The molecule has 0 amide bonds. The van der Waals surface area contributed by atoms with Crippen molar-refractivity contribution in [3.05, 3.63) is 24.3 Å². The smallest absolute Gasteiger partial charge is 0.379 e. The van der Waals surface area contributed by atoms with E-state index in [1.165, 1.54) is 18.2 Å². The number of hydrogen-bond donors (Lipinski definition) is 1. The quantitative estimate of drug-likeness (QED) is 0.920. The van der Waals surface area contributed by atoms with Crippen LogP contribution in [-0.4, -0.2) is 45.2 Å². The number of para-hydroxylation sites is 1. The minimum atomic E-state index is -5.38. The number of nitrogens with zero attached hydrogens (tertiary/aromatic N) is 1. The maximum Gasteiger partial charge on any atom is 0.501 e. The first-order chi connectivity index (χ1) is 9.32. The summed E-state index contributed by atoms with van der Waals surface area (Å²) in [6.07, 6.45) is 0. The molecule has 20 heavy (non-hydrogen) atoms. The van der Waals surface area contributed by atoms with Crippen molar-refractivity contribution in [1.29, 1.82) is 0 Å². The highest BCUT2D eigenvalue weighted by Gasteiger charge is 2.48. The molecule has 1 aliphatic rings. The van der Waals surface area contributed by atoms with Gasteiger partial charge in [0.25, 0.3) is 9.84 Å². The maximum absolute atomic E-state index is 12.6. The summed E-state index contributed by atoms with van der Waals surface area (Å²) < 4.78 is 66.0. The highest BCUT2D eigenvalue weighted by molar-refractivity contribution is 7.92. The number of alkyl halides is 3. The number of nitrogens with one attached hydrogen (secondary N) is 1. The van der Waals surface area contributed by atoms with Gasteiger partial charge in [-0.05, 0) is 12.1 Å². The summed E-state index contributed by atoms with van der Waals surface area (Å²) in [5, 5.41) is 1.62. The fourth-order valence-corrected chi connectivity index (χ4v) is 2.67. The van der Waals surface area contributed by atoms with E-state index in [9.17, 15) is 21.6 Å². The molecule has 0 unspecified atom stereocenters. The number of hydrogen-bond acceptors (Lipinski definition) is 5. The third-order valence-corrected chi connectivity index (χ3v) is 4.32. The molecule has 0 saturated carbocycles. The van der Waals surface area contributed by atoms with Crippen molar-refractivity contribution in [2.45, 2.75) is 10.4 Å². The maximum atomic E-state index is 12.6. The zero-order chi connectivity index (χ0) is 14.8. The second kappa shape index (κ2) is 5.58. The average molecular weight is 310 g/mol. The second-order valence-electron chi connectivity index (χ2n) is 4.16. The summed E-state index contributed by atoms with van der Waals surface area (Å²) in [5.41, 5.74) is -2.71. The van der Waals surface area contributed by atoms with Crippen LogP contribution in [0.5, 0.6) is 0 Å². The summed E-state index contributed by atoms with van der Waals surface area (Å²) in [5.74, 6) is 0. The van der Waals surface area contributed by atoms with Crippen LogP contribution in [0.3, 0.4) is 0 Å². The van der Waals surface area contributed by atoms with Crippen LogP contribution in [0.15, 0.2) is 29.2 Å². The van der Waals surface area contributed by atoms with Crippen LogP contribution >= 0.6 is 0 Å². The van der Waals surface area contributed by atoms with E-state index in [-0.39, 0.29) is 5.69 Å². The molecule has 9 heteroatoms. The van der Waals surface area contributed by atoms with Crippen molar-refractivity contribution in [1.82, 2.24) is 5.01 Å².